The van der Waals surface area contributed by atoms with Gasteiger partial charge in [-0.1, -0.05) is 11.6 Å². The van der Waals surface area contributed by atoms with E-state index in [4.69, 9.17) is 27.9 Å². The van der Waals surface area contributed by atoms with E-state index in [1.165, 1.54) is 10.9 Å². The number of alkyl halides is 2. The maximum atomic E-state index is 13.5. The van der Waals surface area contributed by atoms with E-state index < -0.39 is 10.8 Å². The SMILES string of the molecule is Cc1c([N+](=O)[O-])c(OCCCn2nc(Cl)c3cnc(Cl)nc32)nn1C1CCC(F)(F)CC1. The van der Waals surface area contributed by atoms with Crippen LogP contribution in [0.3, 0.4) is 0 Å². The summed E-state index contributed by atoms with van der Waals surface area (Å²) in [5.41, 5.74) is 0.501. The second kappa shape index (κ2) is 8.74. The van der Waals surface area contributed by atoms with E-state index in [1.807, 2.05) is 0 Å². The zero-order chi connectivity index (χ0) is 23.0. The van der Waals surface area contributed by atoms with Crippen LogP contribution in [0, 0.1) is 17.0 Å². The standard InChI is InChI=1S/C18H19Cl2F2N7O3/c1-10-13(29(30)31)16(26-28(10)11-3-5-18(21,22)6-4-11)32-8-2-7-27-15-12(14(19)25-27)9-23-17(20)24-15/h9,11H,2-8H2,1H3. The van der Waals surface area contributed by atoms with Crippen molar-refractivity contribution in [3.8, 4) is 5.88 Å². The van der Waals surface area contributed by atoms with Crippen LogP contribution in [0.1, 0.15) is 43.8 Å². The number of hydrogen-bond acceptors (Lipinski definition) is 7. The lowest BCUT2D eigenvalue weighted by Gasteiger charge is -2.28. The molecule has 1 aliphatic carbocycles. The highest BCUT2D eigenvalue weighted by Crippen LogP contribution is 2.41. The van der Waals surface area contributed by atoms with E-state index in [0.717, 1.165) is 0 Å². The van der Waals surface area contributed by atoms with Crippen molar-refractivity contribution in [2.75, 3.05) is 6.61 Å². The van der Waals surface area contributed by atoms with Crippen molar-refractivity contribution in [3.05, 3.63) is 32.4 Å². The molecule has 0 spiro atoms. The van der Waals surface area contributed by atoms with Crippen molar-refractivity contribution >= 4 is 39.9 Å². The van der Waals surface area contributed by atoms with Crippen LogP contribution in [0.5, 0.6) is 5.88 Å². The Balaban J connectivity index is 1.44. The van der Waals surface area contributed by atoms with Crippen LogP contribution in [-0.4, -0.2) is 47.0 Å². The van der Waals surface area contributed by atoms with Crippen molar-refractivity contribution in [1.82, 2.24) is 29.5 Å². The average molecular weight is 490 g/mol. The van der Waals surface area contributed by atoms with Gasteiger partial charge in [0.05, 0.1) is 23.0 Å². The third-order valence-electron chi connectivity index (χ3n) is 5.47. The first-order valence-electron chi connectivity index (χ1n) is 9.95. The molecule has 1 saturated carbocycles. The second-order valence-electron chi connectivity index (χ2n) is 7.62. The number of aryl methyl sites for hydroxylation is 1. The van der Waals surface area contributed by atoms with Gasteiger partial charge in [-0.25, -0.2) is 18.4 Å². The first-order chi connectivity index (χ1) is 15.2. The molecular formula is C18H19Cl2F2N7O3. The van der Waals surface area contributed by atoms with E-state index in [2.05, 4.69) is 20.2 Å². The second-order valence-corrected chi connectivity index (χ2v) is 8.32. The monoisotopic (exact) mass is 489 g/mol. The number of halogens is 4. The van der Waals surface area contributed by atoms with Gasteiger partial charge in [0.15, 0.2) is 10.8 Å². The van der Waals surface area contributed by atoms with Crippen LogP contribution in [0.4, 0.5) is 14.5 Å². The Morgan fingerprint density at radius 2 is 2.03 bits per heavy atom. The van der Waals surface area contributed by atoms with Crippen LogP contribution < -0.4 is 4.74 Å². The molecule has 3 heterocycles. The minimum absolute atomic E-state index is 0.0590. The summed E-state index contributed by atoms with van der Waals surface area (Å²) >= 11 is 11.9. The van der Waals surface area contributed by atoms with Crippen LogP contribution in [0.25, 0.3) is 11.0 Å². The van der Waals surface area contributed by atoms with Gasteiger partial charge in [0.1, 0.15) is 5.69 Å². The summed E-state index contributed by atoms with van der Waals surface area (Å²) in [4.78, 5) is 19.0. The molecule has 4 rings (SSSR count). The molecule has 10 nitrogen and oxygen atoms in total. The molecule has 0 amide bonds. The normalized spacial score (nSPS) is 16.5. The van der Waals surface area contributed by atoms with Crippen LogP contribution in [0.2, 0.25) is 10.4 Å². The summed E-state index contributed by atoms with van der Waals surface area (Å²) in [5.74, 6) is -2.82. The number of rotatable bonds is 7. The highest BCUT2D eigenvalue weighted by Gasteiger charge is 2.38. The highest BCUT2D eigenvalue weighted by molar-refractivity contribution is 6.34. The van der Waals surface area contributed by atoms with Crippen molar-refractivity contribution in [2.45, 2.75) is 57.5 Å². The molecule has 3 aromatic rings. The lowest BCUT2D eigenvalue weighted by atomic mass is 9.92. The predicted molar refractivity (Wildman–Crippen MR) is 112 cm³/mol. The molecule has 0 aliphatic heterocycles. The molecule has 1 fully saturated rings. The first-order valence-corrected chi connectivity index (χ1v) is 10.7. The van der Waals surface area contributed by atoms with Crippen molar-refractivity contribution < 1.29 is 18.4 Å². The maximum absolute atomic E-state index is 13.5. The third kappa shape index (κ3) is 4.46. The van der Waals surface area contributed by atoms with E-state index in [9.17, 15) is 18.9 Å². The number of hydrogen-bond donors (Lipinski definition) is 0. The lowest BCUT2D eigenvalue weighted by molar-refractivity contribution is -0.386. The summed E-state index contributed by atoms with van der Waals surface area (Å²) in [6, 6.07) is -0.326. The summed E-state index contributed by atoms with van der Waals surface area (Å²) < 4.78 is 35.6. The summed E-state index contributed by atoms with van der Waals surface area (Å²) in [6.07, 6.45) is 1.76. The first kappa shape index (κ1) is 22.6. The van der Waals surface area contributed by atoms with Gasteiger partial charge in [-0.15, -0.1) is 5.10 Å². The zero-order valence-electron chi connectivity index (χ0n) is 17.0. The van der Waals surface area contributed by atoms with Gasteiger partial charge in [0.25, 0.3) is 0 Å². The van der Waals surface area contributed by atoms with Crippen molar-refractivity contribution in [3.63, 3.8) is 0 Å². The number of nitrogens with zero attached hydrogens (tertiary/aromatic N) is 7. The van der Waals surface area contributed by atoms with Crippen LogP contribution in [-0.2, 0) is 6.54 Å². The average Bonchev–Trinajstić information content (AvgIpc) is 3.22. The Morgan fingerprint density at radius 3 is 2.72 bits per heavy atom. The molecule has 0 atom stereocenters. The van der Waals surface area contributed by atoms with Gasteiger partial charge in [0.2, 0.25) is 11.2 Å². The lowest BCUT2D eigenvalue weighted by Crippen LogP contribution is -2.27. The smallest absolute Gasteiger partial charge is 0.352 e. The molecule has 172 valence electrons. The summed E-state index contributed by atoms with van der Waals surface area (Å²) in [5, 5.41) is 20.9. The fraction of sp³-hybridized carbons (Fsp3) is 0.556. The predicted octanol–water partition coefficient (Wildman–Crippen LogP) is 4.77. The number of ether oxygens (including phenoxy) is 1. The Kier molecular flexibility index (Phi) is 6.17. The van der Waals surface area contributed by atoms with Gasteiger partial charge in [-0.3, -0.25) is 14.8 Å². The van der Waals surface area contributed by atoms with Gasteiger partial charge in [-0.05, 0) is 31.4 Å². The van der Waals surface area contributed by atoms with Gasteiger partial charge in [-0.2, -0.15) is 10.1 Å². The highest BCUT2D eigenvalue weighted by atomic mass is 35.5. The quantitative estimate of drug-likeness (QED) is 0.203. The molecule has 32 heavy (non-hydrogen) atoms. The number of fused-ring (bicyclic) bond motifs is 1. The minimum Gasteiger partial charge on any atom is -0.472 e. The topological polar surface area (TPSA) is 114 Å². The molecule has 0 N–H and O–H groups in total. The number of aromatic nitrogens is 6. The third-order valence-corrected chi connectivity index (χ3v) is 5.93. The Labute approximate surface area is 190 Å². The van der Waals surface area contributed by atoms with Crippen molar-refractivity contribution in [2.24, 2.45) is 0 Å². The van der Waals surface area contributed by atoms with Gasteiger partial charge in [0, 0.05) is 32.0 Å². The fourth-order valence-corrected chi connectivity index (χ4v) is 4.21. The Hall–Kier alpha value is -2.60. The molecule has 0 radical (unpaired) electrons. The molecule has 0 aromatic carbocycles. The van der Waals surface area contributed by atoms with Gasteiger partial charge >= 0.3 is 11.6 Å². The number of nitro groups is 1. The van der Waals surface area contributed by atoms with E-state index in [0.29, 0.717) is 24.0 Å². The maximum Gasteiger partial charge on any atom is 0.352 e. The van der Waals surface area contributed by atoms with E-state index in [-0.39, 0.29) is 66.0 Å². The zero-order valence-corrected chi connectivity index (χ0v) is 18.5. The van der Waals surface area contributed by atoms with Gasteiger partial charge < -0.3 is 4.74 Å². The minimum atomic E-state index is -2.70. The molecular weight excluding hydrogens is 471 g/mol. The Morgan fingerprint density at radius 1 is 1.31 bits per heavy atom. The summed E-state index contributed by atoms with van der Waals surface area (Å²) in [7, 11) is 0. The largest absolute Gasteiger partial charge is 0.472 e. The molecule has 3 aromatic heterocycles. The summed E-state index contributed by atoms with van der Waals surface area (Å²) in [6.45, 7) is 2.02. The Bertz CT molecular complexity index is 1160. The van der Waals surface area contributed by atoms with Crippen LogP contribution in [0.15, 0.2) is 6.20 Å². The molecule has 14 heteroatoms. The van der Waals surface area contributed by atoms with Crippen LogP contribution >= 0.6 is 23.2 Å². The molecule has 0 unspecified atom stereocenters. The molecule has 1 aliphatic rings. The van der Waals surface area contributed by atoms with Crippen molar-refractivity contribution in [1.29, 1.82) is 0 Å². The molecule has 0 saturated heterocycles. The fourth-order valence-electron chi connectivity index (χ4n) is 3.86. The van der Waals surface area contributed by atoms with E-state index >= 15 is 0 Å². The van der Waals surface area contributed by atoms with E-state index in [1.54, 1.807) is 11.6 Å². The molecule has 0 bridgehead atoms.